The summed E-state index contributed by atoms with van der Waals surface area (Å²) in [5.74, 6) is 0. The smallest absolute Gasteiger partial charge is 0.0788 e. The minimum absolute atomic E-state index is 0.0633. The normalized spacial score (nSPS) is 16.2. The zero-order valence-corrected chi connectivity index (χ0v) is 9.87. The van der Waals surface area contributed by atoms with Crippen LogP contribution in [0, 0.1) is 0 Å². The molecule has 1 aliphatic rings. The molecule has 0 radical (unpaired) electrons. The minimum atomic E-state index is -0.0633. The second-order valence-corrected chi connectivity index (χ2v) is 4.22. The first-order valence-electron chi connectivity index (χ1n) is 5.38. The Bertz CT molecular complexity index is 358. The standard InChI is InChI=1S/C12H15NO2S/c14-9-12(16)10-1-3-11(4-2-10)13-5-7-15-8-6-13/h1-4,14H,5-9H2. The Labute approximate surface area is 101 Å². The highest BCUT2D eigenvalue weighted by atomic mass is 32.1. The molecule has 4 heteroatoms. The van der Waals surface area contributed by atoms with Gasteiger partial charge in [-0.3, -0.25) is 0 Å². The maximum absolute atomic E-state index is 8.94. The Hall–Kier alpha value is -0.970. The van der Waals surface area contributed by atoms with Crippen LogP contribution in [0.3, 0.4) is 0 Å². The summed E-state index contributed by atoms with van der Waals surface area (Å²) in [7, 11) is 0. The van der Waals surface area contributed by atoms with E-state index < -0.39 is 0 Å². The fraction of sp³-hybridized carbons (Fsp3) is 0.417. The van der Waals surface area contributed by atoms with Gasteiger partial charge in [-0.05, 0) is 17.7 Å². The Morgan fingerprint density at radius 2 is 1.88 bits per heavy atom. The molecular weight excluding hydrogens is 222 g/mol. The van der Waals surface area contributed by atoms with E-state index >= 15 is 0 Å². The average molecular weight is 237 g/mol. The van der Waals surface area contributed by atoms with Crippen molar-refractivity contribution in [2.45, 2.75) is 0 Å². The molecule has 2 rings (SSSR count). The van der Waals surface area contributed by atoms with Crippen LogP contribution in [0.25, 0.3) is 0 Å². The summed E-state index contributed by atoms with van der Waals surface area (Å²) in [4.78, 5) is 2.88. The van der Waals surface area contributed by atoms with E-state index in [1.807, 2.05) is 24.3 Å². The number of aliphatic hydroxyl groups is 1. The topological polar surface area (TPSA) is 32.7 Å². The largest absolute Gasteiger partial charge is 0.391 e. The third kappa shape index (κ3) is 2.58. The molecule has 1 aromatic rings. The van der Waals surface area contributed by atoms with Gasteiger partial charge < -0.3 is 14.7 Å². The van der Waals surface area contributed by atoms with Crippen LogP contribution in [0.5, 0.6) is 0 Å². The van der Waals surface area contributed by atoms with E-state index in [1.54, 1.807) is 0 Å². The van der Waals surface area contributed by atoms with E-state index in [2.05, 4.69) is 4.90 Å². The van der Waals surface area contributed by atoms with Gasteiger partial charge in [-0.2, -0.15) is 0 Å². The molecule has 1 aliphatic heterocycles. The highest BCUT2D eigenvalue weighted by Gasteiger charge is 2.10. The lowest BCUT2D eigenvalue weighted by molar-refractivity contribution is 0.122. The zero-order valence-electron chi connectivity index (χ0n) is 9.06. The summed E-state index contributed by atoms with van der Waals surface area (Å²) in [6.07, 6.45) is 0. The third-order valence-corrected chi connectivity index (χ3v) is 3.07. The summed E-state index contributed by atoms with van der Waals surface area (Å²) >= 11 is 5.04. The SMILES string of the molecule is OCC(=S)c1ccc(N2CCOCC2)cc1. The summed E-state index contributed by atoms with van der Waals surface area (Å²) in [6.45, 7) is 3.38. The number of aliphatic hydroxyl groups excluding tert-OH is 1. The molecule has 1 aromatic carbocycles. The van der Waals surface area contributed by atoms with E-state index in [-0.39, 0.29) is 6.61 Å². The van der Waals surface area contributed by atoms with Crippen molar-refractivity contribution in [1.29, 1.82) is 0 Å². The lowest BCUT2D eigenvalue weighted by atomic mass is 10.1. The van der Waals surface area contributed by atoms with Crippen molar-refractivity contribution in [1.82, 2.24) is 0 Å². The number of thiocarbonyl (C=S) groups is 1. The Balaban J connectivity index is 2.09. The van der Waals surface area contributed by atoms with Gasteiger partial charge in [0.15, 0.2) is 0 Å². The maximum atomic E-state index is 8.94. The molecule has 0 atom stereocenters. The molecule has 16 heavy (non-hydrogen) atoms. The van der Waals surface area contributed by atoms with Crippen LogP contribution >= 0.6 is 12.2 Å². The first-order valence-corrected chi connectivity index (χ1v) is 5.79. The first kappa shape index (κ1) is 11.5. The molecule has 0 spiro atoms. The predicted molar refractivity (Wildman–Crippen MR) is 68.3 cm³/mol. The lowest BCUT2D eigenvalue weighted by Gasteiger charge is -2.28. The van der Waals surface area contributed by atoms with Gasteiger partial charge in [-0.25, -0.2) is 0 Å². The van der Waals surface area contributed by atoms with Crippen LogP contribution in [-0.2, 0) is 4.74 Å². The summed E-state index contributed by atoms with van der Waals surface area (Å²) in [5, 5.41) is 8.94. The lowest BCUT2D eigenvalue weighted by Crippen LogP contribution is -2.36. The van der Waals surface area contributed by atoms with Crippen molar-refractivity contribution in [3.8, 4) is 0 Å². The monoisotopic (exact) mass is 237 g/mol. The van der Waals surface area contributed by atoms with Crippen LogP contribution in [0.15, 0.2) is 24.3 Å². The van der Waals surface area contributed by atoms with E-state index in [0.717, 1.165) is 31.9 Å². The number of benzene rings is 1. The predicted octanol–water partition coefficient (Wildman–Crippen LogP) is 1.23. The molecule has 0 unspecified atom stereocenters. The Morgan fingerprint density at radius 1 is 1.25 bits per heavy atom. The number of hydrogen-bond donors (Lipinski definition) is 1. The van der Waals surface area contributed by atoms with Gasteiger partial charge in [0.25, 0.3) is 0 Å². The number of anilines is 1. The Morgan fingerprint density at radius 3 is 2.44 bits per heavy atom. The molecule has 86 valence electrons. The zero-order chi connectivity index (χ0) is 11.4. The number of hydrogen-bond acceptors (Lipinski definition) is 4. The molecule has 1 fully saturated rings. The third-order valence-electron chi connectivity index (χ3n) is 2.71. The molecule has 0 aromatic heterocycles. The molecule has 1 N–H and O–H groups in total. The van der Waals surface area contributed by atoms with Crippen LogP contribution < -0.4 is 4.90 Å². The quantitative estimate of drug-likeness (QED) is 0.633. The summed E-state index contributed by atoms with van der Waals surface area (Å²) in [5.41, 5.74) is 2.11. The van der Waals surface area contributed by atoms with Gasteiger partial charge in [0, 0.05) is 23.6 Å². The fourth-order valence-corrected chi connectivity index (χ4v) is 1.91. The summed E-state index contributed by atoms with van der Waals surface area (Å²) in [6, 6.07) is 8.01. The van der Waals surface area contributed by atoms with Crippen molar-refractivity contribution in [2.24, 2.45) is 0 Å². The molecule has 3 nitrogen and oxygen atoms in total. The second-order valence-electron chi connectivity index (χ2n) is 3.73. The van der Waals surface area contributed by atoms with Crippen molar-refractivity contribution in [3.63, 3.8) is 0 Å². The van der Waals surface area contributed by atoms with Crippen molar-refractivity contribution in [3.05, 3.63) is 29.8 Å². The molecule has 0 saturated carbocycles. The van der Waals surface area contributed by atoms with Gasteiger partial charge in [-0.15, -0.1) is 0 Å². The van der Waals surface area contributed by atoms with Gasteiger partial charge in [0.05, 0.1) is 19.8 Å². The summed E-state index contributed by atoms with van der Waals surface area (Å²) < 4.78 is 5.31. The maximum Gasteiger partial charge on any atom is 0.0788 e. The van der Waals surface area contributed by atoms with E-state index in [0.29, 0.717) is 4.86 Å². The average Bonchev–Trinajstić information content (AvgIpc) is 2.39. The van der Waals surface area contributed by atoms with Crippen molar-refractivity contribution < 1.29 is 9.84 Å². The molecule has 0 amide bonds. The van der Waals surface area contributed by atoms with Gasteiger partial charge in [-0.1, -0.05) is 24.4 Å². The van der Waals surface area contributed by atoms with Gasteiger partial charge >= 0.3 is 0 Å². The van der Waals surface area contributed by atoms with E-state index in [9.17, 15) is 0 Å². The Kier molecular flexibility index (Phi) is 3.88. The number of nitrogens with zero attached hydrogens (tertiary/aromatic N) is 1. The highest BCUT2D eigenvalue weighted by Crippen LogP contribution is 2.17. The molecule has 0 aliphatic carbocycles. The van der Waals surface area contributed by atoms with Crippen molar-refractivity contribution >= 4 is 22.8 Å². The van der Waals surface area contributed by atoms with Crippen LogP contribution in [0.2, 0.25) is 0 Å². The number of ether oxygens (including phenoxy) is 1. The molecule has 1 heterocycles. The molecule has 0 bridgehead atoms. The molecular formula is C12H15NO2S. The number of morpholine rings is 1. The van der Waals surface area contributed by atoms with Gasteiger partial charge in [0.1, 0.15) is 0 Å². The van der Waals surface area contributed by atoms with E-state index in [1.165, 1.54) is 5.69 Å². The minimum Gasteiger partial charge on any atom is -0.391 e. The fourth-order valence-electron chi connectivity index (χ4n) is 1.77. The first-order chi connectivity index (χ1) is 7.81. The van der Waals surface area contributed by atoms with E-state index in [4.69, 9.17) is 22.1 Å². The number of rotatable bonds is 3. The highest BCUT2D eigenvalue weighted by molar-refractivity contribution is 7.80. The second kappa shape index (κ2) is 5.39. The van der Waals surface area contributed by atoms with Crippen molar-refractivity contribution in [2.75, 3.05) is 37.8 Å². The van der Waals surface area contributed by atoms with Crippen LogP contribution in [0.1, 0.15) is 5.56 Å². The molecule has 1 saturated heterocycles. The van der Waals surface area contributed by atoms with Crippen LogP contribution in [-0.4, -0.2) is 42.9 Å². The van der Waals surface area contributed by atoms with Crippen LogP contribution in [0.4, 0.5) is 5.69 Å². The van der Waals surface area contributed by atoms with Gasteiger partial charge in [0.2, 0.25) is 0 Å².